The number of rotatable bonds is 6. The topological polar surface area (TPSA) is 94.1 Å². The van der Waals surface area contributed by atoms with Gasteiger partial charge in [0.1, 0.15) is 11.9 Å². The number of terminal acetylenes is 1. The van der Waals surface area contributed by atoms with Crippen molar-refractivity contribution in [2.24, 2.45) is 0 Å². The van der Waals surface area contributed by atoms with Gasteiger partial charge in [-0.1, -0.05) is 12.0 Å². The van der Waals surface area contributed by atoms with Crippen molar-refractivity contribution in [1.29, 1.82) is 0 Å². The fourth-order valence-corrected chi connectivity index (χ4v) is 3.89. The maximum atomic E-state index is 12.4. The molecule has 1 fully saturated rings. The largest absolute Gasteiger partial charge is 0.354 e. The van der Waals surface area contributed by atoms with Gasteiger partial charge in [-0.05, 0) is 12.1 Å². The number of carbonyl (C=O) groups excluding carboxylic acids is 1. The van der Waals surface area contributed by atoms with E-state index >= 15 is 0 Å². The Labute approximate surface area is 135 Å². The average Bonchev–Trinajstić information content (AvgIpc) is 2.60. The number of aromatic nitrogens is 1. The molecule has 8 nitrogen and oxygen atoms in total. The van der Waals surface area contributed by atoms with Gasteiger partial charge in [0.2, 0.25) is 16.4 Å². The van der Waals surface area contributed by atoms with Crippen LogP contribution in [0.5, 0.6) is 0 Å². The van der Waals surface area contributed by atoms with E-state index in [1.54, 1.807) is 6.20 Å². The lowest BCUT2D eigenvalue weighted by Gasteiger charge is -2.35. The Hall–Kier alpha value is -2.15. The van der Waals surface area contributed by atoms with E-state index in [2.05, 4.69) is 10.9 Å². The Kier molecular flexibility index (Phi) is 5.54. The van der Waals surface area contributed by atoms with Gasteiger partial charge in [-0.3, -0.25) is 10.0 Å². The molecule has 0 spiro atoms. The Morgan fingerprint density at radius 1 is 1.39 bits per heavy atom. The van der Waals surface area contributed by atoms with Crippen molar-refractivity contribution in [2.75, 3.05) is 36.8 Å². The molecule has 124 valence electrons. The number of hydroxylamine groups is 2. The van der Waals surface area contributed by atoms with Crippen molar-refractivity contribution in [3.8, 4) is 12.3 Å². The predicted molar refractivity (Wildman–Crippen MR) is 84.1 cm³/mol. The first-order valence-corrected chi connectivity index (χ1v) is 8.61. The number of piperazine rings is 1. The predicted octanol–water partition coefficient (Wildman–Crippen LogP) is -0.617. The summed E-state index contributed by atoms with van der Waals surface area (Å²) < 4.78 is 26.0. The van der Waals surface area contributed by atoms with E-state index in [0.717, 1.165) is 5.82 Å². The van der Waals surface area contributed by atoms with Crippen LogP contribution in [0.15, 0.2) is 24.4 Å². The van der Waals surface area contributed by atoms with Gasteiger partial charge in [0.05, 0.1) is 5.75 Å². The molecular weight excluding hydrogens is 320 g/mol. The van der Waals surface area contributed by atoms with Crippen LogP contribution < -0.4 is 4.90 Å². The summed E-state index contributed by atoms with van der Waals surface area (Å²) in [7, 11) is -3.67. The number of carbonyl (C=O) groups is 1. The third kappa shape index (κ3) is 4.19. The van der Waals surface area contributed by atoms with E-state index in [1.165, 1.54) is 4.31 Å². The summed E-state index contributed by atoms with van der Waals surface area (Å²) in [5.74, 6) is 2.39. The van der Waals surface area contributed by atoms with Crippen LogP contribution in [0.2, 0.25) is 0 Å². The van der Waals surface area contributed by atoms with E-state index < -0.39 is 21.8 Å². The first-order chi connectivity index (χ1) is 11.0. The molecule has 1 unspecified atom stereocenters. The second-order valence-corrected chi connectivity index (χ2v) is 7.03. The molecule has 1 atom stereocenters. The molecule has 1 aliphatic heterocycles. The minimum absolute atomic E-state index is 0.0963. The zero-order chi connectivity index (χ0) is 16.9. The van der Waals surface area contributed by atoms with E-state index in [1.807, 2.05) is 23.1 Å². The van der Waals surface area contributed by atoms with Gasteiger partial charge < -0.3 is 4.90 Å². The number of sulfonamides is 1. The van der Waals surface area contributed by atoms with Crippen molar-refractivity contribution < 1.29 is 18.4 Å². The molecular formula is C14H18N4O4S. The number of hydrogen-bond acceptors (Lipinski definition) is 6. The molecule has 0 aliphatic carbocycles. The summed E-state index contributed by atoms with van der Waals surface area (Å²) in [6.07, 6.45) is 6.96. The van der Waals surface area contributed by atoms with Crippen LogP contribution in [0.1, 0.15) is 0 Å². The quantitative estimate of drug-likeness (QED) is 0.322. The Morgan fingerprint density at radius 2 is 2.09 bits per heavy atom. The highest BCUT2D eigenvalue weighted by Gasteiger charge is 2.31. The van der Waals surface area contributed by atoms with E-state index in [4.69, 9.17) is 6.42 Å². The highest BCUT2D eigenvalue weighted by atomic mass is 32.2. The van der Waals surface area contributed by atoms with Gasteiger partial charge in [-0.25, -0.2) is 18.5 Å². The van der Waals surface area contributed by atoms with Crippen molar-refractivity contribution in [2.45, 2.75) is 6.04 Å². The minimum Gasteiger partial charge on any atom is -0.354 e. The van der Waals surface area contributed by atoms with Gasteiger partial charge in [0.25, 0.3) is 0 Å². The molecule has 2 heterocycles. The standard InChI is InChI=1S/C14H18N4O4S/c1-2-13(18(20)12-19)11-23(21,22)17-9-7-16(8-10-17)14-5-3-4-6-15-14/h1,3-6,12-13,20H,7-11H2. The summed E-state index contributed by atoms with van der Waals surface area (Å²) >= 11 is 0. The highest BCUT2D eigenvalue weighted by molar-refractivity contribution is 7.89. The summed E-state index contributed by atoms with van der Waals surface area (Å²) in [5, 5.41) is 9.49. The molecule has 23 heavy (non-hydrogen) atoms. The van der Waals surface area contributed by atoms with E-state index in [0.29, 0.717) is 26.2 Å². The van der Waals surface area contributed by atoms with E-state index in [-0.39, 0.29) is 11.5 Å². The summed E-state index contributed by atoms with van der Waals surface area (Å²) in [5.41, 5.74) is 0. The summed E-state index contributed by atoms with van der Waals surface area (Å²) in [6.45, 7) is 1.60. The zero-order valence-electron chi connectivity index (χ0n) is 12.4. The second-order valence-electron chi connectivity index (χ2n) is 5.02. The average molecular weight is 338 g/mol. The van der Waals surface area contributed by atoms with Crippen LogP contribution >= 0.6 is 0 Å². The molecule has 1 N–H and O–H groups in total. The number of hydrogen-bond donors (Lipinski definition) is 1. The van der Waals surface area contributed by atoms with Crippen LogP contribution in [0.4, 0.5) is 5.82 Å². The van der Waals surface area contributed by atoms with Crippen LogP contribution in [0.25, 0.3) is 0 Å². The first-order valence-electron chi connectivity index (χ1n) is 7.00. The Balaban J connectivity index is 1.98. The smallest absolute Gasteiger partial charge is 0.234 e. The normalized spacial score (nSPS) is 17.3. The van der Waals surface area contributed by atoms with Crippen molar-refractivity contribution in [1.82, 2.24) is 14.4 Å². The zero-order valence-corrected chi connectivity index (χ0v) is 13.3. The molecule has 1 aromatic rings. The Bertz CT molecular complexity index is 666. The molecule has 0 bridgehead atoms. The van der Waals surface area contributed by atoms with Crippen LogP contribution in [-0.2, 0) is 14.8 Å². The van der Waals surface area contributed by atoms with Crippen LogP contribution in [-0.4, -0.2) is 72.4 Å². The summed E-state index contributed by atoms with van der Waals surface area (Å²) in [4.78, 5) is 16.8. The second kappa shape index (κ2) is 7.41. The fraction of sp³-hybridized carbons (Fsp3) is 0.429. The Morgan fingerprint density at radius 3 is 2.61 bits per heavy atom. The minimum atomic E-state index is -3.67. The van der Waals surface area contributed by atoms with Gasteiger partial charge in [0.15, 0.2) is 0 Å². The van der Waals surface area contributed by atoms with Gasteiger partial charge in [-0.15, -0.1) is 6.42 Å². The number of anilines is 1. The molecule has 0 saturated carbocycles. The lowest BCUT2D eigenvalue weighted by Crippen LogP contribution is -2.51. The van der Waals surface area contributed by atoms with Crippen molar-refractivity contribution in [3.05, 3.63) is 24.4 Å². The first kappa shape index (κ1) is 17.2. The van der Waals surface area contributed by atoms with Crippen molar-refractivity contribution in [3.63, 3.8) is 0 Å². The lowest BCUT2D eigenvalue weighted by atomic mass is 10.3. The number of amides is 1. The molecule has 0 aromatic carbocycles. The molecule has 9 heteroatoms. The molecule has 1 aliphatic rings. The van der Waals surface area contributed by atoms with E-state index in [9.17, 15) is 18.4 Å². The van der Waals surface area contributed by atoms with Gasteiger partial charge in [0, 0.05) is 32.4 Å². The molecule has 0 radical (unpaired) electrons. The SMILES string of the molecule is C#CC(CS(=O)(=O)N1CCN(c2ccccn2)CC1)N(O)C=O. The monoisotopic (exact) mass is 338 g/mol. The third-order valence-electron chi connectivity index (χ3n) is 3.59. The van der Waals surface area contributed by atoms with Crippen LogP contribution in [0, 0.1) is 12.3 Å². The third-order valence-corrected chi connectivity index (χ3v) is 5.48. The lowest BCUT2D eigenvalue weighted by molar-refractivity contribution is -0.153. The molecule has 1 amide bonds. The maximum Gasteiger partial charge on any atom is 0.234 e. The maximum absolute atomic E-state index is 12.4. The highest BCUT2D eigenvalue weighted by Crippen LogP contribution is 2.15. The number of nitrogens with zero attached hydrogens (tertiary/aromatic N) is 4. The molecule has 1 saturated heterocycles. The van der Waals surface area contributed by atoms with Crippen molar-refractivity contribution >= 4 is 22.3 Å². The molecule has 1 aromatic heterocycles. The van der Waals surface area contributed by atoms with Gasteiger partial charge in [-0.2, -0.15) is 4.31 Å². The van der Waals surface area contributed by atoms with Gasteiger partial charge >= 0.3 is 0 Å². The molecule has 2 rings (SSSR count). The fourth-order valence-electron chi connectivity index (χ4n) is 2.32. The number of pyridine rings is 1. The summed E-state index contributed by atoms with van der Waals surface area (Å²) in [6, 6.07) is 4.36. The van der Waals surface area contributed by atoms with Crippen LogP contribution in [0.3, 0.4) is 0 Å².